The first-order valence-electron chi connectivity index (χ1n) is 4.56. The molecule has 0 saturated carbocycles. The average Bonchev–Trinajstić information content (AvgIpc) is 2.01. The second kappa shape index (κ2) is 11.0. The first-order chi connectivity index (χ1) is 6.13. The van der Waals surface area contributed by atoms with Crippen molar-refractivity contribution >= 4 is 41.5 Å². The normalized spacial score (nSPS) is 9.14. The molecular formula is C9H17NaO4. The fourth-order valence-corrected chi connectivity index (χ4v) is 1.08. The molecule has 0 spiro atoms. The number of carboxylic acid groups (broad SMARTS) is 2. The average molecular weight is 212 g/mol. The number of rotatable bonds is 8. The van der Waals surface area contributed by atoms with Crippen LogP contribution in [0, 0.1) is 0 Å². The maximum atomic E-state index is 10.1. The Kier molecular flexibility index (Phi) is 12.9. The quantitative estimate of drug-likeness (QED) is 0.469. The number of unbranched alkanes of at least 4 members (excludes halogenated alkanes) is 4. The number of carbonyl (C=O) groups is 2. The molecule has 0 atom stereocenters. The summed E-state index contributed by atoms with van der Waals surface area (Å²) in [6, 6.07) is 0. The van der Waals surface area contributed by atoms with Gasteiger partial charge in [-0.05, 0) is 12.8 Å². The molecule has 5 heteroatoms. The van der Waals surface area contributed by atoms with Gasteiger partial charge in [-0.2, -0.15) is 0 Å². The molecule has 0 bridgehead atoms. The van der Waals surface area contributed by atoms with E-state index in [4.69, 9.17) is 10.2 Å². The molecule has 0 aliphatic rings. The molecule has 0 aromatic carbocycles. The Morgan fingerprint density at radius 2 is 1.00 bits per heavy atom. The third-order valence-electron chi connectivity index (χ3n) is 1.78. The van der Waals surface area contributed by atoms with Crippen LogP contribution in [0.1, 0.15) is 44.9 Å². The Balaban J connectivity index is 0. The number of aliphatic carboxylic acids is 2. The molecule has 0 aromatic heterocycles. The summed E-state index contributed by atoms with van der Waals surface area (Å²) in [5.41, 5.74) is 0. The Morgan fingerprint density at radius 3 is 1.29 bits per heavy atom. The Hall–Kier alpha value is -0.0600. The summed E-state index contributed by atoms with van der Waals surface area (Å²) in [6.07, 6.45) is 4.53. The van der Waals surface area contributed by atoms with Crippen molar-refractivity contribution in [2.75, 3.05) is 0 Å². The molecule has 0 heterocycles. The van der Waals surface area contributed by atoms with E-state index < -0.39 is 11.9 Å². The van der Waals surface area contributed by atoms with E-state index in [-0.39, 0.29) is 42.4 Å². The van der Waals surface area contributed by atoms with Crippen LogP contribution in [0.2, 0.25) is 0 Å². The number of hydrogen-bond acceptors (Lipinski definition) is 2. The van der Waals surface area contributed by atoms with Crippen LogP contribution in [-0.4, -0.2) is 51.7 Å². The van der Waals surface area contributed by atoms with Gasteiger partial charge in [0, 0.05) is 12.8 Å². The summed E-state index contributed by atoms with van der Waals surface area (Å²) < 4.78 is 0. The van der Waals surface area contributed by atoms with Crippen molar-refractivity contribution in [3.05, 3.63) is 0 Å². The van der Waals surface area contributed by atoms with Crippen LogP contribution in [0.3, 0.4) is 0 Å². The third-order valence-corrected chi connectivity index (χ3v) is 1.78. The van der Waals surface area contributed by atoms with Crippen molar-refractivity contribution in [3.8, 4) is 0 Å². The van der Waals surface area contributed by atoms with Crippen LogP contribution in [0.5, 0.6) is 0 Å². The zero-order valence-electron chi connectivity index (χ0n) is 7.66. The summed E-state index contributed by atoms with van der Waals surface area (Å²) in [7, 11) is 0. The van der Waals surface area contributed by atoms with Gasteiger partial charge in [-0.25, -0.2) is 0 Å². The summed E-state index contributed by atoms with van der Waals surface area (Å²) in [6.45, 7) is 0. The minimum atomic E-state index is -0.759. The first-order valence-corrected chi connectivity index (χ1v) is 4.56. The van der Waals surface area contributed by atoms with E-state index in [9.17, 15) is 9.59 Å². The van der Waals surface area contributed by atoms with E-state index in [2.05, 4.69) is 0 Å². The van der Waals surface area contributed by atoms with E-state index in [1.54, 1.807) is 0 Å². The molecule has 78 valence electrons. The molecule has 0 radical (unpaired) electrons. The monoisotopic (exact) mass is 212 g/mol. The topological polar surface area (TPSA) is 74.6 Å². The van der Waals surface area contributed by atoms with Crippen molar-refractivity contribution in [2.24, 2.45) is 0 Å². The summed E-state index contributed by atoms with van der Waals surface area (Å²) in [5, 5.41) is 16.6. The van der Waals surface area contributed by atoms with Crippen molar-refractivity contribution in [1.82, 2.24) is 0 Å². The Morgan fingerprint density at radius 1 is 0.714 bits per heavy atom. The zero-order valence-corrected chi connectivity index (χ0v) is 7.66. The van der Waals surface area contributed by atoms with Gasteiger partial charge in [0.15, 0.2) is 0 Å². The van der Waals surface area contributed by atoms with Crippen molar-refractivity contribution in [1.29, 1.82) is 0 Å². The fraction of sp³-hybridized carbons (Fsp3) is 0.778. The van der Waals surface area contributed by atoms with E-state index in [0.29, 0.717) is 12.8 Å². The van der Waals surface area contributed by atoms with Gasteiger partial charge in [-0.3, -0.25) is 9.59 Å². The second-order valence-corrected chi connectivity index (χ2v) is 3.06. The van der Waals surface area contributed by atoms with Crippen molar-refractivity contribution in [2.45, 2.75) is 44.9 Å². The fourth-order valence-electron chi connectivity index (χ4n) is 1.08. The minimum absolute atomic E-state index is 0. The van der Waals surface area contributed by atoms with Gasteiger partial charge in [0.05, 0.1) is 0 Å². The standard InChI is InChI=1S/C9H16O4.Na.H/c10-8(11)6-4-2-1-3-5-7-9(12)13;;/h1-7H2,(H,10,11)(H,12,13);;. The van der Waals surface area contributed by atoms with Gasteiger partial charge in [-0.1, -0.05) is 19.3 Å². The number of hydrogen-bond donors (Lipinski definition) is 2. The first kappa shape index (κ1) is 16.4. The number of carboxylic acids is 2. The molecule has 0 saturated heterocycles. The molecule has 0 aliphatic carbocycles. The van der Waals surface area contributed by atoms with Crippen molar-refractivity contribution in [3.63, 3.8) is 0 Å². The molecule has 0 aliphatic heterocycles. The Labute approximate surface area is 106 Å². The van der Waals surface area contributed by atoms with Gasteiger partial charge in [-0.15, -0.1) is 0 Å². The zero-order chi connectivity index (χ0) is 10.1. The maximum absolute atomic E-state index is 10.1. The van der Waals surface area contributed by atoms with E-state index >= 15 is 0 Å². The molecule has 0 aromatic rings. The van der Waals surface area contributed by atoms with Crippen LogP contribution in [-0.2, 0) is 9.59 Å². The van der Waals surface area contributed by atoms with E-state index in [1.165, 1.54) is 0 Å². The molecule has 4 nitrogen and oxygen atoms in total. The third kappa shape index (κ3) is 14.5. The molecule has 14 heavy (non-hydrogen) atoms. The van der Waals surface area contributed by atoms with Gasteiger partial charge < -0.3 is 10.2 Å². The van der Waals surface area contributed by atoms with E-state index in [1.807, 2.05) is 0 Å². The van der Waals surface area contributed by atoms with Crippen LogP contribution in [0.15, 0.2) is 0 Å². The van der Waals surface area contributed by atoms with Crippen LogP contribution in [0.4, 0.5) is 0 Å². The SMILES string of the molecule is O=C(O)CCCCCCCC(=O)O.[NaH]. The summed E-state index contributed by atoms with van der Waals surface area (Å²) >= 11 is 0. The predicted molar refractivity (Wildman–Crippen MR) is 54.7 cm³/mol. The van der Waals surface area contributed by atoms with Crippen LogP contribution < -0.4 is 0 Å². The molecule has 0 unspecified atom stereocenters. The summed E-state index contributed by atoms with van der Waals surface area (Å²) in [4.78, 5) is 20.2. The second-order valence-electron chi connectivity index (χ2n) is 3.06. The Bertz CT molecular complexity index is 152. The molecule has 0 amide bonds. The predicted octanol–water partition coefficient (Wildman–Crippen LogP) is 1.24. The molecular weight excluding hydrogens is 195 g/mol. The van der Waals surface area contributed by atoms with E-state index in [0.717, 1.165) is 19.3 Å². The van der Waals surface area contributed by atoms with Crippen LogP contribution >= 0.6 is 0 Å². The molecule has 0 rings (SSSR count). The van der Waals surface area contributed by atoms with Gasteiger partial charge in [0.2, 0.25) is 0 Å². The van der Waals surface area contributed by atoms with Gasteiger partial charge in [0.1, 0.15) is 0 Å². The van der Waals surface area contributed by atoms with Gasteiger partial charge >= 0.3 is 41.5 Å². The van der Waals surface area contributed by atoms with Crippen molar-refractivity contribution < 1.29 is 19.8 Å². The molecule has 2 N–H and O–H groups in total. The van der Waals surface area contributed by atoms with Crippen LogP contribution in [0.25, 0.3) is 0 Å². The molecule has 0 fully saturated rings. The summed E-state index contributed by atoms with van der Waals surface area (Å²) in [5.74, 6) is -1.52. The van der Waals surface area contributed by atoms with Gasteiger partial charge in [0.25, 0.3) is 0 Å².